The van der Waals surface area contributed by atoms with E-state index in [4.69, 9.17) is 9.40 Å². The van der Waals surface area contributed by atoms with Gasteiger partial charge in [-0.1, -0.05) is 103 Å². The summed E-state index contributed by atoms with van der Waals surface area (Å²) in [5.74, 6) is 1.66. The summed E-state index contributed by atoms with van der Waals surface area (Å²) in [5, 5.41) is 14.6. The summed E-state index contributed by atoms with van der Waals surface area (Å²) in [6.07, 6.45) is 12.3. The van der Waals surface area contributed by atoms with E-state index >= 15 is 0 Å². The molecule has 0 bridgehead atoms. The molecular formula is C44H54IrNO3-. The molecule has 49 heavy (non-hydrogen) atoms. The molecule has 3 aromatic carbocycles. The maximum atomic E-state index is 11.7. The molecule has 1 saturated carbocycles. The van der Waals surface area contributed by atoms with Gasteiger partial charge < -0.3 is 14.5 Å². The van der Waals surface area contributed by atoms with E-state index in [9.17, 15) is 9.90 Å². The number of aliphatic hydroxyl groups is 1. The van der Waals surface area contributed by atoms with Crippen LogP contribution in [0.2, 0.25) is 0 Å². The van der Waals surface area contributed by atoms with Crippen molar-refractivity contribution in [3.8, 4) is 11.3 Å². The number of pyridine rings is 1. The predicted molar refractivity (Wildman–Crippen MR) is 202 cm³/mol. The number of carbonyl (C=O) groups is 1. The van der Waals surface area contributed by atoms with Crippen LogP contribution in [-0.4, -0.2) is 15.9 Å². The monoisotopic (exact) mass is 837 g/mol. The van der Waals surface area contributed by atoms with Crippen molar-refractivity contribution in [3.63, 3.8) is 0 Å². The van der Waals surface area contributed by atoms with Gasteiger partial charge in [0.15, 0.2) is 5.78 Å². The number of benzene rings is 3. The Balaban J connectivity index is 0.000000290. The molecule has 5 aromatic rings. The van der Waals surface area contributed by atoms with E-state index in [1.807, 2.05) is 27.7 Å². The van der Waals surface area contributed by atoms with Crippen molar-refractivity contribution in [2.24, 2.45) is 11.8 Å². The average molecular weight is 837 g/mol. The van der Waals surface area contributed by atoms with E-state index in [-0.39, 0.29) is 43.5 Å². The zero-order valence-electron chi connectivity index (χ0n) is 30.7. The van der Waals surface area contributed by atoms with Gasteiger partial charge >= 0.3 is 0 Å². The van der Waals surface area contributed by atoms with Gasteiger partial charge in [-0.2, -0.15) is 0 Å². The van der Waals surface area contributed by atoms with Crippen LogP contribution in [0.15, 0.2) is 64.9 Å². The van der Waals surface area contributed by atoms with Crippen molar-refractivity contribution >= 4 is 38.5 Å². The zero-order valence-corrected chi connectivity index (χ0v) is 33.1. The first-order valence-corrected chi connectivity index (χ1v) is 18.3. The minimum Gasteiger partial charge on any atom is -0.512 e. The number of aliphatic hydroxyl groups excluding tert-OH is 1. The molecule has 0 unspecified atom stereocenters. The zero-order chi connectivity index (χ0) is 34.5. The van der Waals surface area contributed by atoms with Crippen molar-refractivity contribution < 1.29 is 34.4 Å². The van der Waals surface area contributed by atoms with Crippen molar-refractivity contribution in [1.29, 1.82) is 0 Å². The van der Waals surface area contributed by atoms with E-state index in [0.717, 1.165) is 64.4 Å². The molecule has 0 saturated heterocycles. The van der Waals surface area contributed by atoms with Crippen LogP contribution in [0.1, 0.15) is 127 Å². The van der Waals surface area contributed by atoms with Gasteiger partial charge in [-0.05, 0) is 96.5 Å². The summed E-state index contributed by atoms with van der Waals surface area (Å²) < 4.78 is 6.43. The number of allylic oxidation sites excluding steroid dienone is 2. The van der Waals surface area contributed by atoms with Crippen LogP contribution >= 0.6 is 0 Å². The standard InChI is InChI=1S/C31H30NO.C13H24O2.Ir/c1-18(2)28-17-32-30(24-12-10-22(16-25(24)28)21-7-5-6-8-21)27-14-20(4)13-26-23-11-9-19(3)15-29(23)33-31(26)27;1-5-10(6-2)12(14)9-13(15)11(7-3)8-4;/h9-13,15-18,21H,5-8H2,1-4H3;9-11,14H,5-8H2,1-4H3;/q-1;;/b;12-9-;. The number of nitrogens with zero attached hydrogens (tertiary/aromatic N) is 1. The Kier molecular flexibility index (Phi) is 13.4. The van der Waals surface area contributed by atoms with Crippen LogP contribution in [0, 0.1) is 31.7 Å². The smallest absolute Gasteiger partial charge is 0.162 e. The Morgan fingerprint density at radius 3 is 2.18 bits per heavy atom. The first-order valence-electron chi connectivity index (χ1n) is 18.3. The molecule has 1 aliphatic rings. The molecule has 2 aromatic heterocycles. The van der Waals surface area contributed by atoms with E-state index in [1.54, 1.807) is 0 Å². The number of aromatic nitrogens is 1. The molecule has 1 aliphatic carbocycles. The van der Waals surface area contributed by atoms with Gasteiger partial charge in [-0.25, -0.2) is 0 Å². The van der Waals surface area contributed by atoms with Gasteiger partial charge in [0.05, 0.1) is 11.3 Å². The minimum atomic E-state index is 0. The fourth-order valence-electron chi connectivity index (χ4n) is 7.46. The van der Waals surface area contributed by atoms with Crippen LogP contribution in [0.25, 0.3) is 44.0 Å². The molecule has 2 heterocycles. The second kappa shape index (κ2) is 17.1. The maximum Gasteiger partial charge on any atom is 0.162 e. The molecule has 1 fully saturated rings. The van der Waals surface area contributed by atoms with E-state index in [1.165, 1.54) is 59.2 Å². The van der Waals surface area contributed by atoms with Crippen LogP contribution in [0.3, 0.4) is 0 Å². The second-order valence-corrected chi connectivity index (χ2v) is 14.2. The Bertz CT molecular complexity index is 1920. The Labute approximate surface area is 307 Å². The molecule has 0 amide bonds. The number of fused-ring (bicyclic) bond motifs is 4. The summed E-state index contributed by atoms with van der Waals surface area (Å²) >= 11 is 0. The summed E-state index contributed by atoms with van der Waals surface area (Å²) in [5.41, 5.74) is 8.85. The third-order valence-electron chi connectivity index (χ3n) is 10.5. The van der Waals surface area contributed by atoms with Crippen molar-refractivity contribution in [3.05, 3.63) is 88.8 Å². The molecule has 0 atom stereocenters. The second-order valence-electron chi connectivity index (χ2n) is 14.2. The summed E-state index contributed by atoms with van der Waals surface area (Å²) in [4.78, 5) is 16.7. The number of ketones is 1. The van der Waals surface area contributed by atoms with Gasteiger partial charge in [0, 0.05) is 49.6 Å². The number of furan rings is 1. The third-order valence-corrected chi connectivity index (χ3v) is 10.5. The van der Waals surface area contributed by atoms with Crippen molar-refractivity contribution in [1.82, 2.24) is 4.98 Å². The Hall–Kier alpha value is -3.27. The molecule has 0 spiro atoms. The fourth-order valence-corrected chi connectivity index (χ4v) is 7.46. The summed E-state index contributed by atoms with van der Waals surface area (Å²) in [6, 6.07) is 19.3. The van der Waals surface area contributed by atoms with Gasteiger partial charge in [0.2, 0.25) is 0 Å². The van der Waals surface area contributed by atoms with E-state index < -0.39 is 0 Å². The number of carbonyl (C=O) groups excluding carboxylic acids is 1. The van der Waals surface area contributed by atoms with Crippen molar-refractivity contribution in [2.75, 3.05) is 0 Å². The summed E-state index contributed by atoms with van der Waals surface area (Å²) in [7, 11) is 0. The molecule has 1 N–H and O–H groups in total. The molecule has 1 radical (unpaired) electrons. The molecule has 0 aliphatic heterocycles. The van der Waals surface area contributed by atoms with Crippen molar-refractivity contribution in [2.45, 2.75) is 119 Å². The van der Waals surface area contributed by atoms with Gasteiger partial charge in [-0.15, -0.1) is 17.7 Å². The quantitative estimate of drug-likeness (QED) is 0.0865. The topological polar surface area (TPSA) is 63.3 Å². The summed E-state index contributed by atoms with van der Waals surface area (Å²) in [6.45, 7) is 16.8. The SMILES string of the molecule is CCC(CC)C(=O)/C=C(\O)C(CC)CC.Cc1[c-]c(-c2ncc(C(C)C)c3cc(C4CCCC4)ccc23)c2oc3cc(C)ccc3c2c1.[Ir]. The van der Waals surface area contributed by atoms with E-state index in [2.05, 4.69) is 82.4 Å². The van der Waals surface area contributed by atoms with Crippen LogP contribution in [-0.2, 0) is 24.9 Å². The first kappa shape index (κ1) is 38.5. The predicted octanol–water partition coefficient (Wildman–Crippen LogP) is 12.9. The largest absolute Gasteiger partial charge is 0.512 e. The molecule has 263 valence electrons. The fraction of sp³-hybridized carbons (Fsp3) is 0.455. The molecule has 4 nitrogen and oxygen atoms in total. The average Bonchev–Trinajstić information content (AvgIpc) is 3.73. The Morgan fingerprint density at radius 1 is 0.898 bits per heavy atom. The molecular weight excluding hydrogens is 783 g/mol. The first-order chi connectivity index (χ1) is 23.1. The number of hydrogen-bond donors (Lipinski definition) is 1. The van der Waals surface area contributed by atoms with Gasteiger partial charge in [-0.3, -0.25) is 4.79 Å². The molecule has 5 heteroatoms. The van der Waals surface area contributed by atoms with E-state index in [0.29, 0.717) is 11.8 Å². The van der Waals surface area contributed by atoms with Crippen LogP contribution in [0.4, 0.5) is 0 Å². The minimum absolute atomic E-state index is 0. The third kappa shape index (κ3) is 8.38. The van der Waals surface area contributed by atoms with Crippen LogP contribution < -0.4 is 0 Å². The number of hydrogen-bond acceptors (Lipinski definition) is 4. The van der Waals surface area contributed by atoms with Gasteiger partial charge in [0.1, 0.15) is 5.58 Å². The molecule has 6 rings (SSSR count). The normalized spacial score (nSPS) is 13.9. The van der Waals surface area contributed by atoms with Crippen LogP contribution in [0.5, 0.6) is 0 Å². The van der Waals surface area contributed by atoms with Gasteiger partial charge in [0.25, 0.3) is 0 Å². The number of rotatable bonds is 10. The Morgan fingerprint density at radius 2 is 1.55 bits per heavy atom. The maximum absolute atomic E-state index is 11.7. The number of aryl methyl sites for hydroxylation is 2.